The Morgan fingerprint density at radius 1 is 1.10 bits per heavy atom. The van der Waals surface area contributed by atoms with Crippen LogP contribution in [0.1, 0.15) is 60.5 Å². The first kappa shape index (κ1) is 32.1. The summed E-state index contributed by atoms with van der Waals surface area (Å²) in [6.45, 7) is 3.95. The van der Waals surface area contributed by atoms with Crippen molar-refractivity contribution in [1.82, 2.24) is 9.80 Å². The third kappa shape index (κ3) is 9.60. The second-order valence-corrected chi connectivity index (χ2v) is 10.9. The first-order valence-corrected chi connectivity index (χ1v) is 14.3. The van der Waals surface area contributed by atoms with Crippen molar-refractivity contribution in [3.63, 3.8) is 0 Å². The molecule has 41 heavy (non-hydrogen) atoms. The maximum Gasteiger partial charge on any atom is 0.419 e. The molecular formula is C29H35F3N4O4S. The summed E-state index contributed by atoms with van der Waals surface area (Å²) in [5.41, 5.74) is -0.677. The number of alkyl halides is 3. The van der Waals surface area contributed by atoms with Crippen molar-refractivity contribution >= 4 is 33.8 Å². The van der Waals surface area contributed by atoms with Gasteiger partial charge in [-0.2, -0.15) is 13.2 Å². The second kappa shape index (κ2) is 15.0. The van der Waals surface area contributed by atoms with Crippen LogP contribution in [0.15, 0.2) is 48.5 Å². The van der Waals surface area contributed by atoms with E-state index in [1.807, 2.05) is 11.8 Å². The number of benzene rings is 2. The van der Waals surface area contributed by atoms with Crippen LogP contribution in [-0.2, 0) is 11.0 Å². The molecule has 1 heterocycles. The molecular weight excluding hydrogens is 557 g/mol. The minimum absolute atomic E-state index is 0.0247. The maximum atomic E-state index is 13.9. The van der Waals surface area contributed by atoms with Crippen molar-refractivity contribution in [2.24, 2.45) is 5.92 Å². The van der Waals surface area contributed by atoms with Crippen LogP contribution in [0.4, 0.5) is 13.2 Å². The number of carbonyl (C=O) groups excluding carboxylic acids is 1. The number of carbonyl (C=O) groups is 2. The van der Waals surface area contributed by atoms with Crippen LogP contribution in [0.2, 0.25) is 0 Å². The fraction of sp³-hybridized carbons (Fsp3) is 0.448. The third-order valence-corrected chi connectivity index (χ3v) is 7.68. The molecule has 0 radical (unpaired) electrons. The molecule has 3 N–H and O–H groups in total. The Kier molecular flexibility index (Phi) is 11.8. The molecule has 1 aliphatic heterocycles. The Bertz CT molecular complexity index is 1220. The van der Waals surface area contributed by atoms with Gasteiger partial charge < -0.3 is 9.84 Å². The number of halogens is 3. The van der Waals surface area contributed by atoms with Gasteiger partial charge in [-0.15, -0.1) is 0 Å². The number of hydrogen-bond donors (Lipinski definition) is 3. The van der Waals surface area contributed by atoms with Gasteiger partial charge in [-0.3, -0.25) is 30.2 Å². The molecule has 0 atom stereocenters. The molecule has 1 saturated heterocycles. The monoisotopic (exact) mass is 592 g/mol. The minimum Gasteiger partial charge on any atom is -0.492 e. The molecule has 1 amide bonds. The summed E-state index contributed by atoms with van der Waals surface area (Å²) in [7, 11) is 0. The summed E-state index contributed by atoms with van der Waals surface area (Å²) in [4.78, 5) is 27.2. The molecule has 2 aromatic rings. The zero-order chi connectivity index (χ0) is 30.0. The van der Waals surface area contributed by atoms with Gasteiger partial charge in [0, 0.05) is 30.6 Å². The van der Waals surface area contributed by atoms with E-state index < -0.39 is 23.6 Å². The van der Waals surface area contributed by atoms with Gasteiger partial charge in [0.1, 0.15) is 17.4 Å². The van der Waals surface area contributed by atoms with E-state index in [1.165, 1.54) is 17.0 Å². The summed E-state index contributed by atoms with van der Waals surface area (Å²) in [6.07, 6.45) is -1.77. The van der Waals surface area contributed by atoms with Crippen LogP contribution in [0.3, 0.4) is 0 Å². The van der Waals surface area contributed by atoms with Crippen molar-refractivity contribution in [2.45, 2.75) is 45.2 Å². The molecule has 12 heteroatoms. The quantitative estimate of drug-likeness (QED) is 0.211. The number of hydrogen-bond acceptors (Lipinski definition) is 7. The molecule has 0 bridgehead atoms. The predicted molar refractivity (Wildman–Crippen MR) is 153 cm³/mol. The van der Waals surface area contributed by atoms with Gasteiger partial charge >= 0.3 is 12.1 Å². The third-order valence-electron chi connectivity index (χ3n) is 6.83. The molecule has 222 valence electrons. The Labute approximate surface area is 241 Å². The Morgan fingerprint density at radius 2 is 1.78 bits per heavy atom. The average Bonchev–Trinajstić information content (AvgIpc) is 2.93. The number of rotatable bonds is 11. The molecule has 1 fully saturated rings. The van der Waals surface area contributed by atoms with E-state index in [0.29, 0.717) is 43.4 Å². The van der Waals surface area contributed by atoms with Gasteiger partial charge in [-0.25, -0.2) is 0 Å². The molecule has 0 unspecified atom stereocenters. The fourth-order valence-corrected chi connectivity index (χ4v) is 5.25. The first-order valence-electron chi connectivity index (χ1n) is 13.5. The fourth-order valence-electron chi connectivity index (χ4n) is 4.52. The zero-order valence-corrected chi connectivity index (χ0v) is 23.7. The van der Waals surface area contributed by atoms with Crippen molar-refractivity contribution < 1.29 is 32.6 Å². The standard InChI is InChI=1S/C29H35F3N4O4S/c1-2-3-13-36(27(39)21-7-5-4-6-8-21)28(34)41-26(33)22-9-10-24(23(19-22)29(30,31)32)40-17-16-35-14-11-20(12-15-35)18-25(37)38/h4-10,19-20,33-34H,2-3,11-18H2,1H3,(H,37,38). The predicted octanol–water partition coefficient (Wildman–Crippen LogP) is 6.21. The molecule has 1 aliphatic rings. The highest BCUT2D eigenvalue weighted by molar-refractivity contribution is 8.26. The highest BCUT2D eigenvalue weighted by atomic mass is 32.2. The first-order chi connectivity index (χ1) is 19.5. The second-order valence-electron chi connectivity index (χ2n) is 9.85. The topological polar surface area (TPSA) is 118 Å². The van der Waals surface area contributed by atoms with Crippen molar-refractivity contribution in [2.75, 3.05) is 32.8 Å². The van der Waals surface area contributed by atoms with Crippen molar-refractivity contribution in [3.8, 4) is 5.75 Å². The van der Waals surface area contributed by atoms with Crippen LogP contribution >= 0.6 is 11.8 Å². The normalized spacial score (nSPS) is 14.4. The highest BCUT2D eigenvalue weighted by Gasteiger charge is 2.35. The Balaban J connectivity index is 1.65. The van der Waals surface area contributed by atoms with Crippen molar-refractivity contribution in [3.05, 3.63) is 65.2 Å². The van der Waals surface area contributed by atoms with Crippen LogP contribution in [0.25, 0.3) is 0 Å². The average molecular weight is 593 g/mol. The number of unbranched alkanes of at least 4 members (excludes halogenated alkanes) is 1. The lowest BCUT2D eigenvalue weighted by Crippen LogP contribution is -2.37. The van der Waals surface area contributed by atoms with Crippen LogP contribution in [-0.4, -0.2) is 69.8 Å². The number of aliphatic carboxylic acids is 1. The number of ether oxygens (including phenoxy) is 1. The van der Waals surface area contributed by atoms with E-state index >= 15 is 0 Å². The maximum absolute atomic E-state index is 13.9. The summed E-state index contributed by atoms with van der Waals surface area (Å²) >= 11 is 0.620. The minimum atomic E-state index is -4.73. The number of thioether (sulfide) groups is 1. The SMILES string of the molecule is CCCCN(C(=N)SC(=N)c1ccc(OCCN2CCC(CC(=O)O)CC2)c(C(F)(F)F)c1)C(=O)c1ccccc1. The largest absolute Gasteiger partial charge is 0.492 e. The van der Waals surface area contributed by atoms with Gasteiger partial charge in [-0.05, 0) is 80.4 Å². The summed E-state index contributed by atoms with van der Waals surface area (Å²) in [6, 6.07) is 11.8. The molecule has 0 saturated carbocycles. The zero-order valence-electron chi connectivity index (χ0n) is 22.9. The molecule has 0 spiro atoms. The highest BCUT2D eigenvalue weighted by Crippen LogP contribution is 2.37. The van der Waals surface area contributed by atoms with Gasteiger partial charge in [-0.1, -0.05) is 31.5 Å². The van der Waals surface area contributed by atoms with Gasteiger partial charge in [0.2, 0.25) is 0 Å². The van der Waals surface area contributed by atoms with E-state index in [0.717, 1.165) is 25.3 Å². The lowest BCUT2D eigenvalue weighted by atomic mass is 9.94. The number of piperidine rings is 1. The molecule has 0 aliphatic carbocycles. The molecule has 3 rings (SSSR count). The molecule has 0 aromatic heterocycles. The van der Waals surface area contributed by atoms with Crippen LogP contribution in [0, 0.1) is 16.7 Å². The Hall–Kier alpha value is -3.38. The number of nitrogens with one attached hydrogen (secondary N) is 2. The van der Waals surface area contributed by atoms with E-state index in [1.54, 1.807) is 30.3 Å². The van der Waals surface area contributed by atoms with Crippen molar-refractivity contribution in [1.29, 1.82) is 10.8 Å². The smallest absolute Gasteiger partial charge is 0.419 e. The van der Waals surface area contributed by atoms with Gasteiger partial charge in [0.15, 0.2) is 5.17 Å². The van der Waals surface area contributed by atoms with E-state index in [4.69, 9.17) is 20.7 Å². The summed E-state index contributed by atoms with van der Waals surface area (Å²) in [5.74, 6) is -1.47. The summed E-state index contributed by atoms with van der Waals surface area (Å²) in [5, 5.41) is 25.3. The van der Waals surface area contributed by atoms with Gasteiger partial charge in [0.05, 0.1) is 5.56 Å². The van der Waals surface area contributed by atoms with E-state index in [2.05, 4.69) is 0 Å². The lowest BCUT2D eigenvalue weighted by molar-refractivity contribution is -0.139. The van der Waals surface area contributed by atoms with Crippen LogP contribution in [0.5, 0.6) is 5.75 Å². The van der Waals surface area contributed by atoms with E-state index in [-0.39, 0.29) is 47.0 Å². The number of carboxylic acid groups (broad SMARTS) is 1. The lowest BCUT2D eigenvalue weighted by Gasteiger charge is -2.31. The Morgan fingerprint density at radius 3 is 2.39 bits per heavy atom. The number of likely N-dealkylation sites (tertiary alicyclic amines) is 1. The molecule has 2 aromatic carbocycles. The number of amidine groups is 1. The van der Waals surface area contributed by atoms with Crippen LogP contribution < -0.4 is 4.74 Å². The number of nitrogens with zero attached hydrogens (tertiary/aromatic N) is 2. The molecule has 8 nitrogen and oxygen atoms in total. The van der Waals surface area contributed by atoms with Gasteiger partial charge in [0.25, 0.3) is 5.91 Å². The van der Waals surface area contributed by atoms with E-state index in [9.17, 15) is 22.8 Å². The number of carboxylic acids is 1. The summed E-state index contributed by atoms with van der Waals surface area (Å²) < 4.78 is 47.3. The number of amides is 1.